The Balaban J connectivity index is 2.90. The molecule has 0 saturated carbocycles. The molecule has 1 aliphatic heterocycles. The smallest absolute Gasteiger partial charge is 0.157 e. The summed E-state index contributed by atoms with van der Waals surface area (Å²) in [6, 6.07) is 0. The van der Waals surface area contributed by atoms with Crippen LogP contribution in [-0.2, 0) is 0 Å². The van der Waals surface area contributed by atoms with Crippen LogP contribution in [0.25, 0.3) is 0 Å². The molecule has 0 spiro atoms. The molecule has 1 aliphatic rings. The number of rotatable bonds is 2. The highest BCUT2D eigenvalue weighted by molar-refractivity contribution is 6.79. The lowest BCUT2D eigenvalue weighted by atomic mass is 10.2. The topological polar surface area (TPSA) is 6.48 Å². The fourth-order valence-electron chi connectivity index (χ4n) is 2.01. The molecule has 19 heavy (non-hydrogen) atoms. The van der Waals surface area contributed by atoms with Crippen LogP contribution in [0.2, 0.25) is 36.3 Å². The van der Waals surface area contributed by atoms with E-state index >= 15 is 0 Å². The maximum Gasteiger partial charge on any atom is 0.157 e. The lowest BCUT2D eigenvalue weighted by Gasteiger charge is -2.48. The molecule has 0 fully saturated rings. The Morgan fingerprint density at radius 2 is 0.947 bits per heavy atom. The lowest BCUT2D eigenvalue weighted by Crippen LogP contribution is -2.58. The molecule has 0 aromatic rings. The fourth-order valence-corrected chi connectivity index (χ4v) is 5.76. The second kappa shape index (κ2) is 4.66. The van der Waals surface area contributed by atoms with Gasteiger partial charge in [0.2, 0.25) is 0 Å². The highest BCUT2D eigenvalue weighted by Gasteiger charge is 2.46. The first kappa shape index (κ1) is 16.8. The maximum atomic E-state index is 2.65. The molecule has 0 atom stereocenters. The maximum absolute atomic E-state index is 2.65. The summed E-state index contributed by atoms with van der Waals surface area (Å²) in [5.74, 6) is 0. The molecule has 112 valence electrons. The Morgan fingerprint density at radius 3 is 1.16 bits per heavy atom. The summed E-state index contributed by atoms with van der Waals surface area (Å²) >= 11 is 0. The summed E-state index contributed by atoms with van der Waals surface area (Å²) in [5.41, 5.74) is 0. The van der Waals surface area contributed by atoms with Crippen LogP contribution in [0, 0.1) is 0 Å². The van der Waals surface area contributed by atoms with Gasteiger partial charge in [-0.3, -0.25) is 0 Å². The zero-order valence-electron chi connectivity index (χ0n) is 14.8. The van der Waals surface area contributed by atoms with Crippen molar-refractivity contribution in [3.63, 3.8) is 0 Å². The average Bonchev–Trinajstić information content (AvgIpc) is 2.62. The second-order valence-corrected chi connectivity index (χ2v) is 19.4. The van der Waals surface area contributed by atoms with Crippen molar-refractivity contribution in [3.05, 3.63) is 12.4 Å². The SMILES string of the molecule is CC(C)(C)[Si](C)(C)N1C=CN([Si](C)(C)C(C)(C)C)C1. The van der Waals surface area contributed by atoms with Crippen molar-refractivity contribution < 1.29 is 0 Å². The van der Waals surface area contributed by atoms with Crippen LogP contribution >= 0.6 is 0 Å². The van der Waals surface area contributed by atoms with Crippen LogP contribution in [-0.4, -0.2) is 32.3 Å². The van der Waals surface area contributed by atoms with Gasteiger partial charge in [-0.25, -0.2) is 0 Å². The third kappa shape index (κ3) is 2.94. The summed E-state index contributed by atoms with van der Waals surface area (Å²) in [6.07, 6.45) is 4.72. The third-order valence-electron chi connectivity index (χ3n) is 5.84. The van der Waals surface area contributed by atoms with Gasteiger partial charge in [0.25, 0.3) is 0 Å². The van der Waals surface area contributed by atoms with Crippen molar-refractivity contribution in [1.82, 2.24) is 9.13 Å². The highest BCUT2D eigenvalue weighted by Crippen LogP contribution is 2.43. The summed E-state index contributed by atoms with van der Waals surface area (Å²) in [6.45, 7) is 25.4. The average molecular weight is 299 g/mol. The van der Waals surface area contributed by atoms with Crippen molar-refractivity contribution in [2.75, 3.05) is 6.67 Å². The summed E-state index contributed by atoms with van der Waals surface area (Å²) in [7, 11) is -2.85. The Kier molecular flexibility index (Phi) is 4.12. The molecule has 2 nitrogen and oxygen atoms in total. The Morgan fingerprint density at radius 1 is 0.684 bits per heavy atom. The van der Waals surface area contributed by atoms with Crippen LogP contribution in [0.15, 0.2) is 12.4 Å². The normalized spacial score (nSPS) is 18.4. The molecule has 1 rings (SSSR count). The molecular formula is C15H34N2Si2. The van der Waals surface area contributed by atoms with Gasteiger partial charge in [0, 0.05) is 12.4 Å². The predicted octanol–water partition coefficient (Wildman–Crippen LogP) is 5.04. The molecule has 0 aromatic carbocycles. The van der Waals surface area contributed by atoms with E-state index in [4.69, 9.17) is 0 Å². The monoisotopic (exact) mass is 298 g/mol. The standard InChI is InChI=1S/C15H34N2Si2/c1-14(2,3)18(7,8)16-11-12-17(13-16)19(9,10)15(4,5)6/h11-12H,13H2,1-10H3. The molecule has 0 radical (unpaired) electrons. The third-order valence-corrected chi connectivity index (χ3v) is 16.6. The first-order valence-corrected chi connectivity index (χ1v) is 13.3. The van der Waals surface area contributed by atoms with E-state index in [-0.39, 0.29) is 0 Å². The molecule has 0 N–H and O–H groups in total. The summed E-state index contributed by atoms with van der Waals surface area (Å²) in [5, 5.41) is 0.807. The van der Waals surface area contributed by atoms with Crippen molar-refractivity contribution in [2.24, 2.45) is 0 Å². The minimum absolute atomic E-state index is 0.404. The largest absolute Gasteiger partial charge is 0.386 e. The van der Waals surface area contributed by atoms with Crippen molar-refractivity contribution >= 4 is 16.5 Å². The van der Waals surface area contributed by atoms with E-state index < -0.39 is 16.5 Å². The first-order valence-electron chi connectivity index (χ1n) is 7.43. The Hall–Kier alpha value is -0.226. The Labute approximate surface area is 123 Å². The van der Waals surface area contributed by atoms with Crippen LogP contribution in [0.4, 0.5) is 0 Å². The van der Waals surface area contributed by atoms with Gasteiger partial charge < -0.3 is 9.13 Å². The minimum atomic E-state index is -1.42. The van der Waals surface area contributed by atoms with E-state index in [0.29, 0.717) is 10.1 Å². The number of hydrogen-bond donors (Lipinski definition) is 0. The van der Waals surface area contributed by atoms with Gasteiger partial charge in [0.1, 0.15) is 0 Å². The van der Waals surface area contributed by atoms with Gasteiger partial charge in [-0.2, -0.15) is 0 Å². The van der Waals surface area contributed by atoms with Gasteiger partial charge in [0.05, 0.1) is 6.67 Å². The lowest BCUT2D eigenvalue weighted by molar-refractivity contribution is 0.416. The molecule has 0 saturated heterocycles. The molecule has 0 bridgehead atoms. The summed E-state index contributed by atoms with van der Waals surface area (Å²) < 4.78 is 5.29. The second-order valence-electron chi connectivity index (χ2n) is 9.00. The molecule has 1 heterocycles. The van der Waals surface area contributed by atoms with Gasteiger partial charge in [-0.05, 0) is 10.1 Å². The van der Waals surface area contributed by atoms with E-state index in [0.717, 1.165) is 6.67 Å². The van der Waals surface area contributed by atoms with Crippen LogP contribution < -0.4 is 0 Å². The van der Waals surface area contributed by atoms with E-state index in [9.17, 15) is 0 Å². The van der Waals surface area contributed by atoms with E-state index in [1.54, 1.807) is 0 Å². The quantitative estimate of drug-likeness (QED) is 0.659. The van der Waals surface area contributed by atoms with Gasteiger partial charge >= 0.3 is 0 Å². The first-order chi connectivity index (χ1) is 8.21. The molecule has 0 aliphatic carbocycles. The molecule has 4 heteroatoms. The van der Waals surface area contributed by atoms with Crippen LogP contribution in [0.5, 0.6) is 0 Å². The van der Waals surface area contributed by atoms with Crippen LogP contribution in [0.1, 0.15) is 41.5 Å². The predicted molar refractivity (Wildman–Crippen MR) is 92.1 cm³/mol. The van der Waals surface area contributed by atoms with Crippen molar-refractivity contribution in [1.29, 1.82) is 0 Å². The van der Waals surface area contributed by atoms with E-state index in [2.05, 4.69) is 89.3 Å². The van der Waals surface area contributed by atoms with Crippen LogP contribution in [0.3, 0.4) is 0 Å². The van der Waals surface area contributed by atoms with Gasteiger partial charge in [0.15, 0.2) is 16.5 Å². The molecular weight excluding hydrogens is 264 g/mol. The minimum Gasteiger partial charge on any atom is -0.386 e. The van der Waals surface area contributed by atoms with Gasteiger partial charge in [-0.1, -0.05) is 67.7 Å². The number of nitrogens with zero attached hydrogens (tertiary/aromatic N) is 2. The van der Waals surface area contributed by atoms with E-state index in [1.165, 1.54) is 0 Å². The highest BCUT2D eigenvalue weighted by atomic mass is 28.3. The molecule has 0 aromatic heterocycles. The van der Waals surface area contributed by atoms with Gasteiger partial charge in [-0.15, -0.1) is 0 Å². The zero-order valence-corrected chi connectivity index (χ0v) is 16.8. The fraction of sp³-hybridized carbons (Fsp3) is 0.867. The molecule has 0 amide bonds. The van der Waals surface area contributed by atoms with Crippen molar-refractivity contribution in [2.45, 2.75) is 77.8 Å². The van der Waals surface area contributed by atoms with E-state index in [1.807, 2.05) is 0 Å². The number of hydrogen-bond acceptors (Lipinski definition) is 2. The summed E-state index contributed by atoms with van der Waals surface area (Å²) in [4.78, 5) is 0. The molecule has 0 unspecified atom stereocenters. The Bertz CT molecular complexity index is 325. The van der Waals surface area contributed by atoms with Crippen molar-refractivity contribution in [3.8, 4) is 0 Å². The zero-order chi connectivity index (χ0) is 15.3.